The molecule has 0 fully saturated rings. The van der Waals surface area contributed by atoms with Crippen molar-refractivity contribution in [1.29, 1.82) is 0 Å². The van der Waals surface area contributed by atoms with Crippen LogP contribution in [0.25, 0.3) is 0 Å². The lowest BCUT2D eigenvalue weighted by Gasteiger charge is -2.05. The summed E-state index contributed by atoms with van der Waals surface area (Å²) in [5.41, 5.74) is 0. The molecule has 0 aliphatic carbocycles. The standard InChI is InChI=1S/C12H22OS/c1-9(2)6-12(13)7-11(5)14-8-10(3)4/h7,9-10H,6,8H2,1-5H3. The third-order valence-corrected chi connectivity index (χ3v) is 3.02. The Kier molecular flexibility index (Phi) is 6.98. The van der Waals surface area contributed by atoms with Crippen LogP contribution >= 0.6 is 11.8 Å². The average Bonchev–Trinajstić information content (AvgIpc) is 1.98. The normalized spacial score (nSPS) is 12.6. The summed E-state index contributed by atoms with van der Waals surface area (Å²) in [5, 5.41) is 0. The van der Waals surface area contributed by atoms with Gasteiger partial charge in [0.1, 0.15) is 0 Å². The first kappa shape index (κ1) is 13.8. The Labute approximate surface area is 92.3 Å². The maximum atomic E-state index is 11.4. The number of rotatable bonds is 6. The maximum Gasteiger partial charge on any atom is 0.156 e. The molecule has 2 heteroatoms. The van der Waals surface area contributed by atoms with E-state index in [9.17, 15) is 4.79 Å². The fourth-order valence-corrected chi connectivity index (χ4v) is 1.84. The Morgan fingerprint density at radius 3 is 2.21 bits per heavy atom. The van der Waals surface area contributed by atoms with Crippen molar-refractivity contribution in [1.82, 2.24) is 0 Å². The highest BCUT2D eigenvalue weighted by Gasteiger charge is 2.03. The van der Waals surface area contributed by atoms with Crippen LogP contribution in [0, 0.1) is 11.8 Å². The minimum absolute atomic E-state index is 0.258. The van der Waals surface area contributed by atoms with Crippen LogP contribution in [0.1, 0.15) is 41.0 Å². The Balaban J connectivity index is 3.90. The predicted molar refractivity (Wildman–Crippen MR) is 65.5 cm³/mol. The summed E-state index contributed by atoms with van der Waals surface area (Å²) >= 11 is 1.78. The molecule has 0 aromatic carbocycles. The van der Waals surface area contributed by atoms with E-state index in [0.717, 1.165) is 10.7 Å². The number of allylic oxidation sites excluding steroid dienone is 2. The minimum Gasteiger partial charge on any atom is -0.295 e. The molecule has 0 rings (SSSR count). The quantitative estimate of drug-likeness (QED) is 0.624. The van der Waals surface area contributed by atoms with Crippen molar-refractivity contribution < 1.29 is 4.79 Å². The van der Waals surface area contributed by atoms with E-state index in [1.807, 2.05) is 6.92 Å². The number of hydrogen-bond donors (Lipinski definition) is 0. The first-order valence-electron chi connectivity index (χ1n) is 5.25. The summed E-state index contributed by atoms with van der Waals surface area (Å²) in [6.07, 6.45) is 2.45. The largest absolute Gasteiger partial charge is 0.295 e. The van der Waals surface area contributed by atoms with E-state index in [1.165, 1.54) is 0 Å². The van der Waals surface area contributed by atoms with E-state index in [-0.39, 0.29) is 5.78 Å². The molecule has 0 aliphatic rings. The topological polar surface area (TPSA) is 17.1 Å². The van der Waals surface area contributed by atoms with Crippen LogP contribution in [-0.4, -0.2) is 11.5 Å². The molecule has 0 amide bonds. The molecular weight excluding hydrogens is 192 g/mol. The molecule has 0 aromatic heterocycles. The second-order valence-electron chi connectivity index (χ2n) is 4.52. The molecule has 0 N–H and O–H groups in total. The van der Waals surface area contributed by atoms with Gasteiger partial charge >= 0.3 is 0 Å². The Morgan fingerprint density at radius 2 is 1.79 bits per heavy atom. The van der Waals surface area contributed by atoms with Crippen molar-refractivity contribution in [3.63, 3.8) is 0 Å². The minimum atomic E-state index is 0.258. The molecular formula is C12H22OS. The molecule has 0 atom stereocenters. The molecule has 0 heterocycles. The van der Waals surface area contributed by atoms with Gasteiger partial charge in [0.15, 0.2) is 5.78 Å². The van der Waals surface area contributed by atoms with E-state index in [2.05, 4.69) is 27.7 Å². The van der Waals surface area contributed by atoms with Gasteiger partial charge in [-0.05, 0) is 35.5 Å². The van der Waals surface area contributed by atoms with Crippen LogP contribution < -0.4 is 0 Å². The van der Waals surface area contributed by atoms with Gasteiger partial charge in [0.05, 0.1) is 0 Å². The lowest BCUT2D eigenvalue weighted by Crippen LogP contribution is -1.99. The summed E-state index contributed by atoms with van der Waals surface area (Å²) in [5.74, 6) is 2.50. The monoisotopic (exact) mass is 214 g/mol. The molecule has 0 saturated heterocycles. The van der Waals surface area contributed by atoms with Gasteiger partial charge in [0.25, 0.3) is 0 Å². The zero-order valence-corrected chi connectivity index (χ0v) is 10.8. The van der Waals surface area contributed by atoms with Gasteiger partial charge in [-0.3, -0.25) is 4.79 Å². The smallest absolute Gasteiger partial charge is 0.156 e. The van der Waals surface area contributed by atoms with Crippen LogP contribution in [0.2, 0.25) is 0 Å². The summed E-state index contributed by atoms with van der Waals surface area (Å²) in [7, 11) is 0. The average molecular weight is 214 g/mol. The van der Waals surface area contributed by atoms with Gasteiger partial charge in [0, 0.05) is 6.42 Å². The van der Waals surface area contributed by atoms with Gasteiger partial charge < -0.3 is 0 Å². The number of carbonyl (C=O) groups excluding carboxylic acids is 1. The molecule has 0 spiro atoms. The maximum absolute atomic E-state index is 11.4. The summed E-state index contributed by atoms with van der Waals surface area (Å²) < 4.78 is 0. The highest BCUT2D eigenvalue weighted by Crippen LogP contribution is 2.18. The van der Waals surface area contributed by atoms with Gasteiger partial charge in [0.2, 0.25) is 0 Å². The number of hydrogen-bond acceptors (Lipinski definition) is 2. The summed E-state index contributed by atoms with van der Waals surface area (Å²) in [6.45, 7) is 10.5. The van der Waals surface area contributed by atoms with Crippen molar-refractivity contribution in [2.45, 2.75) is 41.0 Å². The number of thioether (sulfide) groups is 1. The fraction of sp³-hybridized carbons (Fsp3) is 0.750. The van der Waals surface area contributed by atoms with Crippen molar-refractivity contribution in [3.05, 3.63) is 11.0 Å². The second-order valence-corrected chi connectivity index (χ2v) is 5.79. The molecule has 0 radical (unpaired) electrons. The van der Waals surface area contributed by atoms with Crippen LogP contribution in [0.15, 0.2) is 11.0 Å². The van der Waals surface area contributed by atoms with Crippen LogP contribution in [-0.2, 0) is 4.79 Å². The zero-order valence-electron chi connectivity index (χ0n) is 9.96. The van der Waals surface area contributed by atoms with Gasteiger partial charge in [-0.25, -0.2) is 0 Å². The molecule has 0 aromatic rings. The van der Waals surface area contributed by atoms with Gasteiger partial charge in [-0.15, -0.1) is 11.8 Å². The number of ketones is 1. The van der Waals surface area contributed by atoms with Crippen molar-refractivity contribution >= 4 is 17.5 Å². The Hall–Kier alpha value is -0.240. The molecule has 1 nitrogen and oxygen atoms in total. The fourth-order valence-electron chi connectivity index (χ4n) is 1.03. The van der Waals surface area contributed by atoms with Crippen LogP contribution in [0.5, 0.6) is 0 Å². The third kappa shape index (κ3) is 8.36. The SMILES string of the molecule is CC(=CC(=O)CC(C)C)SCC(C)C. The lowest BCUT2D eigenvalue weighted by atomic mass is 10.1. The van der Waals surface area contributed by atoms with E-state index in [1.54, 1.807) is 17.8 Å². The first-order chi connectivity index (χ1) is 6.41. The van der Waals surface area contributed by atoms with E-state index < -0.39 is 0 Å². The predicted octanol–water partition coefficient (Wildman–Crippen LogP) is 3.89. The van der Waals surface area contributed by atoms with Gasteiger partial charge in [-0.1, -0.05) is 27.7 Å². The zero-order chi connectivity index (χ0) is 11.1. The van der Waals surface area contributed by atoms with Crippen molar-refractivity contribution in [2.75, 3.05) is 5.75 Å². The third-order valence-electron chi connectivity index (χ3n) is 1.62. The molecule has 0 bridgehead atoms. The molecule has 0 saturated carbocycles. The van der Waals surface area contributed by atoms with E-state index >= 15 is 0 Å². The van der Waals surface area contributed by atoms with Crippen molar-refractivity contribution in [2.24, 2.45) is 11.8 Å². The molecule has 82 valence electrons. The molecule has 0 aliphatic heterocycles. The van der Waals surface area contributed by atoms with Gasteiger partial charge in [-0.2, -0.15) is 0 Å². The Morgan fingerprint density at radius 1 is 1.21 bits per heavy atom. The van der Waals surface area contributed by atoms with E-state index in [0.29, 0.717) is 18.3 Å². The molecule has 14 heavy (non-hydrogen) atoms. The van der Waals surface area contributed by atoms with Crippen molar-refractivity contribution in [3.8, 4) is 0 Å². The van der Waals surface area contributed by atoms with Crippen LogP contribution in [0.3, 0.4) is 0 Å². The number of carbonyl (C=O) groups is 1. The highest BCUT2D eigenvalue weighted by molar-refractivity contribution is 8.03. The second kappa shape index (κ2) is 7.10. The summed E-state index contributed by atoms with van der Waals surface area (Å²) in [4.78, 5) is 12.6. The summed E-state index contributed by atoms with van der Waals surface area (Å²) in [6, 6.07) is 0. The lowest BCUT2D eigenvalue weighted by molar-refractivity contribution is -0.115. The first-order valence-corrected chi connectivity index (χ1v) is 6.24. The van der Waals surface area contributed by atoms with Crippen LogP contribution in [0.4, 0.5) is 0 Å². The Bertz CT molecular complexity index is 204. The highest BCUT2D eigenvalue weighted by atomic mass is 32.2. The van der Waals surface area contributed by atoms with E-state index in [4.69, 9.17) is 0 Å². The molecule has 0 unspecified atom stereocenters.